The summed E-state index contributed by atoms with van der Waals surface area (Å²) in [7, 11) is 3.95. The molecule has 0 bridgehead atoms. The highest BCUT2D eigenvalue weighted by Gasteiger charge is 2.04. The fourth-order valence-corrected chi connectivity index (χ4v) is 1.40. The summed E-state index contributed by atoms with van der Waals surface area (Å²) in [5.74, 6) is -0.348. The van der Waals surface area contributed by atoms with Gasteiger partial charge in [-0.1, -0.05) is 12.1 Å². The van der Waals surface area contributed by atoms with Crippen LogP contribution in [0.5, 0.6) is 0 Å². The minimum atomic E-state index is -0.228. The molecule has 0 atom stereocenters. The van der Waals surface area contributed by atoms with Crippen molar-refractivity contribution in [2.75, 3.05) is 19.0 Å². The molecule has 0 saturated heterocycles. The van der Waals surface area contributed by atoms with Gasteiger partial charge in [-0.15, -0.1) is 0 Å². The number of benzene rings is 1. The van der Waals surface area contributed by atoms with E-state index in [4.69, 9.17) is 0 Å². The number of nitrogens with one attached hydrogen (secondary N) is 1. The van der Waals surface area contributed by atoms with Crippen molar-refractivity contribution in [1.29, 1.82) is 0 Å². The number of Topliss-reactive ketones (excluding diaryl/α,β-unsaturated/α-hetero) is 1. The van der Waals surface area contributed by atoms with Crippen LogP contribution in [-0.4, -0.2) is 25.8 Å². The molecule has 92 valence electrons. The van der Waals surface area contributed by atoms with Crippen LogP contribution in [0, 0.1) is 0 Å². The number of anilines is 1. The molecule has 4 heteroatoms. The summed E-state index contributed by atoms with van der Waals surface area (Å²) < 4.78 is 0. The van der Waals surface area contributed by atoms with E-state index >= 15 is 0 Å². The van der Waals surface area contributed by atoms with Crippen molar-refractivity contribution in [3.8, 4) is 0 Å². The lowest BCUT2D eigenvalue weighted by atomic mass is 10.2. The predicted molar refractivity (Wildman–Crippen MR) is 67.9 cm³/mol. The van der Waals surface area contributed by atoms with E-state index in [0.717, 1.165) is 11.3 Å². The van der Waals surface area contributed by atoms with E-state index in [0.29, 0.717) is 6.54 Å². The van der Waals surface area contributed by atoms with Gasteiger partial charge in [-0.05, 0) is 24.6 Å². The Labute approximate surface area is 102 Å². The molecule has 4 nitrogen and oxygen atoms in total. The molecule has 1 N–H and O–H groups in total. The Hall–Kier alpha value is -1.84. The van der Waals surface area contributed by atoms with Crippen molar-refractivity contribution in [1.82, 2.24) is 5.32 Å². The zero-order chi connectivity index (χ0) is 12.8. The van der Waals surface area contributed by atoms with E-state index < -0.39 is 0 Å². The van der Waals surface area contributed by atoms with E-state index in [-0.39, 0.29) is 18.1 Å². The molecule has 1 rings (SSSR count). The van der Waals surface area contributed by atoms with Gasteiger partial charge in [-0.2, -0.15) is 0 Å². The minimum Gasteiger partial charge on any atom is -0.378 e. The van der Waals surface area contributed by atoms with Gasteiger partial charge in [-0.3, -0.25) is 9.59 Å². The zero-order valence-corrected chi connectivity index (χ0v) is 10.5. The van der Waals surface area contributed by atoms with Crippen molar-refractivity contribution in [2.24, 2.45) is 0 Å². The van der Waals surface area contributed by atoms with E-state index in [2.05, 4.69) is 5.32 Å². The maximum atomic E-state index is 11.3. The van der Waals surface area contributed by atoms with Crippen LogP contribution >= 0.6 is 0 Å². The van der Waals surface area contributed by atoms with E-state index in [9.17, 15) is 9.59 Å². The number of rotatable bonds is 5. The minimum absolute atomic E-state index is 0.0459. The average Bonchev–Trinajstić information content (AvgIpc) is 2.26. The molecule has 0 aromatic heterocycles. The Bertz CT molecular complexity index is 396. The standard InChI is InChI=1S/C13H18N2O2/c1-10(16)8-13(17)14-9-11-4-6-12(7-5-11)15(2)3/h4-7H,8-9H2,1-3H3,(H,14,17). The van der Waals surface area contributed by atoms with E-state index in [1.54, 1.807) is 0 Å². The molecule has 0 aliphatic carbocycles. The van der Waals surface area contributed by atoms with E-state index in [1.807, 2.05) is 43.3 Å². The lowest BCUT2D eigenvalue weighted by molar-refractivity contribution is -0.127. The number of nitrogens with zero attached hydrogens (tertiary/aromatic N) is 1. The molecule has 1 aromatic carbocycles. The molecular weight excluding hydrogens is 216 g/mol. The van der Waals surface area contributed by atoms with Crippen LogP contribution in [0.4, 0.5) is 5.69 Å². The fourth-order valence-electron chi connectivity index (χ4n) is 1.40. The van der Waals surface area contributed by atoms with Crippen LogP contribution in [0.2, 0.25) is 0 Å². The third kappa shape index (κ3) is 4.68. The van der Waals surface area contributed by atoms with Gasteiger partial charge in [0.05, 0.1) is 6.42 Å². The zero-order valence-electron chi connectivity index (χ0n) is 10.5. The molecule has 0 fully saturated rings. The molecule has 0 spiro atoms. The Morgan fingerprint density at radius 3 is 2.24 bits per heavy atom. The lowest BCUT2D eigenvalue weighted by Gasteiger charge is -2.12. The Morgan fingerprint density at radius 1 is 1.18 bits per heavy atom. The first kappa shape index (κ1) is 13.2. The van der Waals surface area contributed by atoms with Gasteiger partial charge in [0.25, 0.3) is 0 Å². The molecule has 0 heterocycles. The SMILES string of the molecule is CC(=O)CC(=O)NCc1ccc(N(C)C)cc1. The second-order valence-electron chi connectivity index (χ2n) is 4.22. The monoisotopic (exact) mass is 234 g/mol. The van der Waals surface area contributed by atoms with Crippen LogP contribution in [0.3, 0.4) is 0 Å². The molecule has 1 amide bonds. The highest BCUT2D eigenvalue weighted by molar-refractivity contribution is 5.96. The van der Waals surface area contributed by atoms with Gasteiger partial charge in [0.2, 0.25) is 5.91 Å². The van der Waals surface area contributed by atoms with Gasteiger partial charge in [0.15, 0.2) is 0 Å². The Morgan fingerprint density at radius 2 is 1.76 bits per heavy atom. The van der Waals surface area contributed by atoms with Crippen molar-refractivity contribution >= 4 is 17.4 Å². The molecular formula is C13H18N2O2. The number of amides is 1. The van der Waals surface area contributed by atoms with Crippen molar-refractivity contribution in [2.45, 2.75) is 19.9 Å². The van der Waals surface area contributed by atoms with Gasteiger partial charge in [-0.25, -0.2) is 0 Å². The summed E-state index contributed by atoms with van der Waals surface area (Å²) in [5.41, 5.74) is 2.14. The van der Waals surface area contributed by atoms with Crippen LogP contribution in [0.15, 0.2) is 24.3 Å². The maximum absolute atomic E-state index is 11.3. The van der Waals surface area contributed by atoms with Gasteiger partial charge in [0.1, 0.15) is 5.78 Å². The summed E-state index contributed by atoms with van der Waals surface area (Å²) in [6, 6.07) is 7.91. The molecule has 17 heavy (non-hydrogen) atoms. The van der Waals surface area contributed by atoms with Crippen molar-refractivity contribution < 1.29 is 9.59 Å². The quantitative estimate of drug-likeness (QED) is 0.782. The largest absolute Gasteiger partial charge is 0.378 e. The van der Waals surface area contributed by atoms with E-state index in [1.165, 1.54) is 6.92 Å². The van der Waals surface area contributed by atoms with Gasteiger partial charge < -0.3 is 10.2 Å². The smallest absolute Gasteiger partial charge is 0.227 e. The highest BCUT2D eigenvalue weighted by atomic mass is 16.2. The topological polar surface area (TPSA) is 49.4 Å². The van der Waals surface area contributed by atoms with Crippen LogP contribution in [-0.2, 0) is 16.1 Å². The molecule has 0 saturated carbocycles. The maximum Gasteiger partial charge on any atom is 0.227 e. The summed E-state index contributed by atoms with van der Waals surface area (Å²) in [4.78, 5) is 24.0. The second-order valence-corrected chi connectivity index (χ2v) is 4.22. The molecule has 0 unspecified atom stereocenters. The summed E-state index contributed by atoms with van der Waals surface area (Å²) in [5, 5.41) is 2.71. The first-order valence-corrected chi connectivity index (χ1v) is 5.51. The molecule has 0 aliphatic rings. The van der Waals surface area contributed by atoms with Crippen molar-refractivity contribution in [3.63, 3.8) is 0 Å². The molecule has 1 aromatic rings. The summed E-state index contributed by atoms with van der Waals surface area (Å²) >= 11 is 0. The third-order valence-electron chi connectivity index (χ3n) is 2.35. The first-order valence-electron chi connectivity index (χ1n) is 5.51. The summed E-state index contributed by atoms with van der Waals surface area (Å²) in [6.45, 7) is 1.87. The van der Waals surface area contributed by atoms with Crippen LogP contribution in [0.1, 0.15) is 18.9 Å². The average molecular weight is 234 g/mol. The first-order chi connectivity index (χ1) is 7.99. The third-order valence-corrected chi connectivity index (χ3v) is 2.35. The molecule has 0 aliphatic heterocycles. The fraction of sp³-hybridized carbons (Fsp3) is 0.385. The van der Waals surface area contributed by atoms with Gasteiger partial charge >= 0.3 is 0 Å². The lowest BCUT2D eigenvalue weighted by Crippen LogP contribution is -2.24. The Kier molecular flexibility index (Phi) is 4.69. The van der Waals surface area contributed by atoms with Gasteiger partial charge in [0, 0.05) is 26.3 Å². The summed E-state index contributed by atoms with van der Waals surface area (Å²) in [6.07, 6.45) is -0.0459. The predicted octanol–water partition coefficient (Wildman–Crippen LogP) is 1.35. The number of carbonyl (C=O) groups excluding carboxylic acids is 2. The van der Waals surface area contributed by atoms with Crippen LogP contribution < -0.4 is 10.2 Å². The van der Waals surface area contributed by atoms with Crippen molar-refractivity contribution in [3.05, 3.63) is 29.8 Å². The second kappa shape index (κ2) is 6.03. The normalized spacial score (nSPS) is 9.82. The molecule has 0 radical (unpaired) electrons. The van der Waals surface area contributed by atoms with Crippen LogP contribution in [0.25, 0.3) is 0 Å². The number of ketones is 1. The number of hydrogen-bond donors (Lipinski definition) is 1. The number of carbonyl (C=O) groups is 2. The highest BCUT2D eigenvalue weighted by Crippen LogP contribution is 2.11. The Balaban J connectivity index is 2.47. The number of hydrogen-bond acceptors (Lipinski definition) is 3.